The summed E-state index contributed by atoms with van der Waals surface area (Å²) >= 11 is 1.60. The number of sulfonamides is 1. The summed E-state index contributed by atoms with van der Waals surface area (Å²) in [6, 6.07) is 5.22. The molecule has 1 saturated heterocycles. The molecule has 6 nitrogen and oxygen atoms in total. The van der Waals surface area contributed by atoms with Crippen molar-refractivity contribution in [3.05, 3.63) is 34.8 Å². The lowest BCUT2D eigenvalue weighted by molar-refractivity contribution is 0.374. The van der Waals surface area contributed by atoms with Crippen LogP contribution in [-0.4, -0.2) is 51.0 Å². The molecule has 8 heteroatoms. The van der Waals surface area contributed by atoms with E-state index in [1.807, 2.05) is 25.3 Å². The van der Waals surface area contributed by atoms with Crippen LogP contribution in [0.5, 0.6) is 5.75 Å². The average Bonchev–Trinajstić information content (AvgIpc) is 3.01. The van der Waals surface area contributed by atoms with Gasteiger partial charge in [-0.05, 0) is 31.5 Å². The number of benzene rings is 1. The van der Waals surface area contributed by atoms with E-state index in [4.69, 9.17) is 4.74 Å². The van der Waals surface area contributed by atoms with Gasteiger partial charge in [0.05, 0.1) is 12.8 Å². The number of aromatic nitrogens is 1. The molecule has 0 radical (unpaired) electrons. The third-order valence-corrected chi connectivity index (χ3v) is 6.99. The number of hydrogen-bond acceptors (Lipinski definition) is 6. The van der Waals surface area contributed by atoms with Crippen LogP contribution in [0.1, 0.15) is 11.3 Å². The van der Waals surface area contributed by atoms with Crippen molar-refractivity contribution in [1.82, 2.24) is 9.29 Å². The third kappa shape index (κ3) is 3.26. The summed E-state index contributed by atoms with van der Waals surface area (Å²) in [7, 11) is -2.07. The summed E-state index contributed by atoms with van der Waals surface area (Å²) in [6.45, 7) is 6.00. The van der Waals surface area contributed by atoms with Gasteiger partial charge in [-0.1, -0.05) is 6.07 Å². The number of thiazole rings is 1. The monoisotopic (exact) mass is 367 g/mol. The highest BCUT2D eigenvalue weighted by atomic mass is 32.2. The van der Waals surface area contributed by atoms with Crippen LogP contribution in [0.2, 0.25) is 0 Å². The fourth-order valence-electron chi connectivity index (χ4n) is 2.73. The average molecular weight is 367 g/mol. The molecule has 1 aliphatic rings. The van der Waals surface area contributed by atoms with Crippen LogP contribution in [0.15, 0.2) is 28.5 Å². The second-order valence-electron chi connectivity index (χ2n) is 5.82. The summed E-state index contributed by atoms with van der Waals surface area (Å²) in [5, 5.41) is 2.97. The lowest BCUT2D eigenvalue weighted by atomic mass is 10.2. The maximum atomic E-state index is 13.0. The predicted molar refractivity (Wildman–Crippen MR) is 95.6 cm³/mol. The summed E-state index contributed by atoms with van der Waals surface area (Å²) in [6.07, 6.45) is 0. The molecule has 0 aliphatic carbocycles. The van der Waals surface area contributed by atoms with Gasteiger partial charge in [-0.3, -0.25) is 0 Å². The van der Waals surface area contributed by atoms with E-state index < -0.39 is 10.0 Å². The number of ether oxygens (including phenoxy) is 1. The Hall–Kier alpha value is -1.64. The number of rotatable bonds is 4. The molecule has 2 aromatic rings. The summed E-state index contributed by atoms with van der Waals surface area (Å²) in [5.41, 5.74) is 1.89. The maximum absolute atomic E-state index is 13.0. The van der Waals surface area contributed by atoms with Crippen LogP contribution in [0.3, 0.4) is 0 Å². The zero-order valence-corrected chi connectivity index (χ0v) is 15.7. The number of aryl methyl sites for hydroxylation is 2. The molecule has 0 unspecified atom stereocenters. The fourth-order valence-corrected chi connectivity index (χ4v) is 5.25. The smallest absolute Gasteiger partial charge is 0.246 e. The zero-order valence-electron chi connectivity index (χ0n) is 14.0. The molecule has 2 heterocycles. The Bertz CT molecular complexity index is 825. The lowest BCUT2D eigenvalue weighted by Gasteiger charge is -2.34. The van der Waals surface area contributed by atoms with Gasteiger partial charge in [0.15, 0.2) is 5.13 Å². The molecule has 0 atom stereocenters. The molecule has 3 rings (SSSR count). The van der Waals surface area contributed by atoms with E-state index in [0.29, 0.717) is 31.9 Å². The topological polar surface area (TPSA) is 62.7 Å². The normalized spacial score (nSPS) is 16.4. The highest BCUT2D eigenvalue weighted by Crippen LogP contribution is 2.29. The minimum Gasteiger partial charge on any atom is -0.495 e. The molecule has 0 bridgehead atoms. The largest absolute Gasteiger partial charge is 0.495 e. The molecule has 0 N–H and O–H groups in total. The molecule has 0 saturated carbocycles. The molecule has 1 aromatic carbocycles. The van der Waals surface area contributed by atoms with E-state index in [1.54, 1.807) is 23.5 Å². The van der Waals surface area contributed by atoms with Gasteiger partial charge in [-0.2, -0.15) is 4.31 Å². The highest BCUT2D eigenvalue weighted by Gasteiger charge is 2.31. The molecule has 24 heavy (non-hydrogen) atoms. The van der Waals surface area contributed by atoms with Gasteiger partial charge in [-0.15, -0.1) is 11.3 Å². The number of anilines is 1. The van der Waals surface area contributed by atoms with Crippen molar-refractivity contribution >= 4 is 26.5 Å². The standard InChI is InChI=1S/C16H21N3O3S2/c1-12-4-5-14(22-3)15(10-12)24(20,21)19-8-6-18(7-9-19)16-17-13(2)11-23-16/h4-5,10-11H,6-9H2,1-3H3. The van der Waals surface area contributed by atoms with Gasteiger partial charge in [0.25, 0.3) is 0 Å². The number of piperazine rings is 1. The number of methoxy groups -OCH3 is 1. The summed E-state index contributed by atoms with van der Waals surface area (Å²) < 4.78 is 32.7. The first-order valence-corrected chi connectivity index (χ1v) is 10.1. The third-order valence-electron chi connectivity index (χ3n) is 4.05. The first-order chi connectivity index (χ1) is 11.4. The Kier molecular flexibility index (Phi) is 4.80. The van der Waals surface area contributed by atoms with Crippen molar-refractivity contribution in [3.63, 3.8) is 0 Å². The van der Waals surface area contributed by atoms with Gasteiger partial charge < -0.3 is 9.64 Å². The van der Waals surface area contributed by atoms with Crippen LogP contribution >= 0.6 is 11.3 Å². The van der Waals surface area contributed by atoms with E-state index in [-0.39, 0.29) is 4.90 Å². The Balaban J connectivity index is 1.79. The first-order valence-electron chi connectivity index (χ1n) is 7.73. The molecular weight excluding hydrogens is 346 g/mol. The molecule has 1 aliphatic heterocycles. The SMILES string of the molecule is COc1ccc(C)cc1S(=O)(=O)N1CCN(c2nc(C)cs2)CC1. The molecule has 1 fully saturated rings. The van der Waals surface area contributed by atoms with Crippen molar-refractivity contribution < 1.29 is 13.2 Å². The Labute approximate surface area is 146 Å². The predicted octanol–water partition coefficient (Wildman–Crippen LogP) is 2.28. The Morgan fingerprint density at radius 1 is 1.17 bits per heavy atom. The van der Waals surface area contributed by atoms with Gasteiger partial charge in [-0.25, -0.2) is 13.4 Å². The van der Waals surface area contributed by atoms with Crippen molar-refractivity contribution in [1.29, 1.82) is 0 Å². The quantitative estimate of drug-likeness (QED) is 0.830. The molecule has 1 aromatic heterocycles. The van der Waals surface area contributed by atoms with E-state index in [0.717, 1.165) is 16.4 Å². The van der Waals surface area contributed by atoms with Crippen LogP contribution in [-0.2, 0) is 10.0 Å². The van der Waals surface area contributed by atoms with E-state index in [1.165, 1.54) is 11.4 Å². The zero-order chi connectivity index (χ0) is 17.3. The summed E-state index contributed by atoms with van der Waals surface area (Å²) in [4.78, 5) is 6.85. The summed E-state index contributed by atoms with van der Waals surface area (Å²) in [5.74, 6) is 0.388. The van der Waals surface area contributed by atoms with Crippen LogP contribution < -0.4 is 9.64 Å². The van der Waals surface area contributed by atoms with E-state index >= 15 is 0 Å². The van der Waals surface area contributed by atoms with Crippen molar-refractivity contribution in [2.75, 3.05) is 38.2 Å². The number of hydrogen-bond donors (Lipinski definition) is 0. The first kappa shape index (κ1) is 17.2. The second-order valence-corrected chi connectivity index (χ2v) is 8.56. The van der Waals surface area contributed by atoms with Crippen LogP contribution in [0.4, 0.5) is 5.13 Å². The Morgan fingerprint density at radius 2 is 1.88 bits per heavy atom. The van der Waals surface area contributed by atoms with Gasteiger partial charge >= 0.3 is 0 Å². The van der Waals surface area contributed by atoms with E-state index in [9.17, 15) is 8.42 Å². The van der Waals surface area contributed by atoms with Crippen LogP contribution in [0.25, 0.3) is 0 Å². The highest BCUT2D eigenvalue weighted by molar-refractivity contribution is 7.89. The van der Waals surface area contributed by atoms with Crippen molar-refractivity contribution in [2.45, 2.75) is 18.7 Å². The van der Waals surface area contributed by atoms with E-state index in [2.05, 4.69) is 9.88 Å². The van der Waals surface area contributed by atoms with Crippen molar-refractivity contribution in [2.24, 2.45) is 0 Å². The minimum atomic E-state index is -3.56. The second kappa shape index (κ2) is 6.70. The molecular formula is C16H21N3O3S2. The molecule has 130 valence electrons. The van der Waals surface area contributed by atoms with Crippen LogP contribution in [0, 0.1) is 13.8 Å². The van der Waals surface area contributed by atoms with Gasteiger partial charge in [0.1, 0.15) is 10.6 Å². The maximum Gasteiger partial charge on any atom is 0.246 e. The van der Waals surface area contributed by atoms with Gasteiger partial charge in [0, 0.05) is 31.6 Å². The van der Waals surface area contributed by atoms with Gasteiger partial charge in [0.2, 0.25) is 10.0 Å². The molecule has 0 amide bonds. The number of nitrogens with zero attached hydrogens (tertiary/aromatic N) is 3. The fraction of sp³-hybridized carbons (Fsp3) is 0.438. The minimum absolute atomic E-state index is 0.239. The Morgan fingerprint density at radius 3 is 2.46 bits per heavy atom. The molecule has 0 spiro atoms. The van der Waals surface area contributed by atoms with Crippen molar-refractivity contribution in [3.8, 4) is 5.75 Å². The lowest BCUT2D eigenvalue weighted by Crippen LogP contribution is -2.48.